The highest BCUT2D eigenvalue weighted by Crippen LogP contribution is 2.31. The van der Waals surface area contributed by atoms with E-state index in [2.05, 4.69) is 10.3 Å². The van der Waals surface area contributed by atoms with Gasteiger partial charge in [0.25, 0.3) is 0 Å². The lowest BCUT2D eigenvalue weighted by Crippen LogP contribution is -2.30. The molecule has 2 aromatic rings. The molecule has 1 N–H and O–H groups in total. The van der Waals surface area contributed by atoms with Gasteiger partial charge in [-0.2, -0.15) is 0 Å². The number of nitrogens with one attached hydrogen (secondary N) is 1. The molecule has 1 aliphatic rings. The second kappa shape index (κ2) is 7.96. The van der Waals surface area contributed by atoms with Gasteiger partial charge < -0.3 is 5.32 Å². The standard InChI is InChI=1S/C21H23N3O2S/c1-13-9-10-17(15(3)11-13)22-19(25)12-18-20(26)24(4)21(27-18)23-16-8-6-5-7-14(16)2/h5-11,18H,12H2,1-4H3,(H,22,25)/t18-/m0/s1. The van der Waals surface area contributed by atoms with Crippen LogP contribution in [0.1, 0.15) is 23.1 Å². The maximum atomic E-state index is 12.5. The van der Waals surface area contributed by atoms with Gasteiger partial charge in [-0.1, -0.05) is 47.7 Å². The summed E-state index contributed by atoms with van der Waals surface area (Å²) in [5.41, 5.74) is 4.81. The Kier molecular flexibility index (Phi) is 5.65. The Morgan fingerprint density at radius 1 is 1.15 bits per heavy atom. The molecule has 0 saturated carbocycles. The van der Waals surface area contributed by atoms with Crippen molar-refractivity contribution in [3.63, 3.8) is 0 Å². The van der Waals surface area contributed by atoms with Crippen LogP contribution in [-0.2, 0) is 9.59 Å². The van der Waals surface area contributed by atoms with Crippen molar-refractivity contribution < 1.29 is 9.59 Å². The summed E-state index contributed by atoms with van der Waals surface area (Å²) in [7, 11) is 1.70. The Hall–Kier alpha value is -2.60. The lowest BCUT2D eigenvalue weighted by molar-refractivity contribution is -0.127. The van der Waals surface area contributed by atoms with E-state index in [1.165, 1.54) is 16.7 Å². The topological polar surface area (TPSA) is 61.8 Å². The molecule has 0 aromatic heterocycles. The van der Waals surface area contributed by atoms with Crippen LogP contribution in [0.15, 0.2) is 47.5 Å². The van der Waals surface area contributed by atoms with Gasteiger partial charge in [0.15, 0.2) is 5.17 Å². The molecule has 1 aliphatic heterocycles. The number of para-hydroxylation sites is 1. The van der Waals surface area contributed by atoms with E-state index in [4.69, 9.17) is 0 Å². The SMILES string of the molecule is Cc1ccc(NC(=O)C[C@@H]2SC(=Nc3ccccc3C)N(C)C2=O)c(C)c1. The van der Waals surface area contributed by atoms with Crippen molar-refractivity contribution in [3.05, 3.63) is 59.2 Å². The van der Waals surface area contributed by atoms with Crippen LogP contribution in [0.5, 0.6) is 0 Å². The highest BCUT2D eigenvalue weighted by molar-refractivity contribution is 8.15. The predicted octanol–water partition coefficient (Wildman–Crippen LogP) is 4.20. The fourth-order valence-corrected chi connectivity index (χ4v) is 4.06. The molecule has 1 fully saturated rings. The molecule has 2 aromatic carbocycles. The van der Waals surface area contributed by atoms with Crippen LogP contribution in [-0.4, -0.2) is 34.2 Å². The average molecular weight is 382 g/mol. The molecule has 5 nitrogen and oxygen atoms in total. The Labute approximate surface area is 163 Å². The smallest absolute Gasteiger partial charge is 0.242 e. The number of amides is 2. The van der Waals surface area contributed by atoms with Crippen molar-refractivity contribution >= 4 is 40.1 Å². The van der Waals surface area contributed by atoms with E-state index in [1.54, 1.807) is 7.05 Å². The summed E-state index contributed by atoms with van der Waals surface area (Å²) < 4.78 is 0. The molecule has 1 heterocycles. The van der Waals surface area contributed by atoms with Gasteiger partial charge in [0.2, 0.25) is 11.8 Å². The van der Waals surface area contributed by atoms with E-state index < -0.39 is 5.25 Å². The Bertz CT molecular complexity index is 923. The number of aliphatic imine (C=N–C) groups is 1. The minimum Gasteiger partial charge on any atom is -0.326 e. The van der Waals surface area contributed by atoms with E-state index in [1.807, 2.05) is 63.2 Å². The summed E-state index contributed by atoms with van der Waals surface area (Å²) >= 11 is 1.34. The third-order valence-corrected chi connectivity index (χ3v) is 5.73. The molecular weight excluding hydrogens is 358 g/mol. The van der Waals surface area contributed by atoms with Gasteiger partial charge >= 0.3 is 0 Å². The van der Waals surface area contributed by atoms with Gasteiger partial charge in [-0.3, -0.25) is 14.5 Å². The van der Waals surface area contributed by atoms with Crippen LogP contribution >= 0.6 is 11.8 Å². The van der Waals surface area contributed by atoms with Crippen molar-refractivity contribution in [2.45, 2.75) is 32.4 Å². The van der Waals surface area contributed by atoms with Crippen molar-refractivity contribution in [1.82, 2.24) is 4.90 Å². The number of carbonyl (C=O) groups excluding carboxylic acids is 2. The number of nitrogens with zero attached hydrogens (tertiary/aromatic N) is 2. The van der Waals surface area contributed by atoms with Crippen molar-refractivity contribution in [3.8, 4) is 0 Å². The number of rotatable bonds is 4. The predicted molar refractivity (Wildman–Crippen MR) is 112 cm³/mol. The molecule has 3 rings (SSSR count). The second-order valence-electron chi connectivity index (χ2n) is 6.76. The van der Waals surface area contributed by atoms with Crippen molar-refractivity contribution in [1.29, 1.82) is 0 Å². The molecule has 1 saturated heterocycles. The molecule has 0 aliphatic carbocycles. The normalized spacial score (nSPS) is 18.2. The zero-order valence-electron chi connectivity index (χ0n) is 15.9. The van der Waals surface area contributed by atoms with Gasteiger partial charge in [-0.25, -0.2) is 4.99 Å². The number of hydrogen-bond donors (Lipinski definition) is 1. The van der Waals surface area contributed by atoms with Gasteiger partial charge in [0.05, 0.1) is 5.69 Å². The first kappa shape index (κ1) is 19.2. The fraction of sp³-hybridized carbons (Fsp3) is 0.286. The van der Waals surface area contributed by atoms with Gasteiger partial charge in [0.1, 0.15) is 5.25 Å². The van der Waals surface area contributed by atoms with E-state index in [9.17, 15) is 9.59 Å². The zero-order valence-corrected chi connectivity index (χ0v) is 16.8. The molecular formula is C21H23N3O2S. The van der Waals surface area contributed by atoms with Gasteiger partial charge in [-0.05, 0) is 44.0 Å². The minimum absolute atomic E-state index is 0.0943. The summed E-state index contributed by atoms with van der Waals surface area (Å²) in [6.45, 7) is 5.95. The second-order valence-corrected chi connectivity index (χ2v) is 7.93. The first-order valence-electron chi connectivity index (χ1n) is 8.81. The number of aryl methyl sites for hydroxylation is 3. The number of amidine groups is 1. The number of carbonyl (C=O) groups is 2. The third kappa shape index (κ3) is 4.39. The van der Waals surface area contributed by atoms with Crippen LogP contribution in [0.4, 0.5) is 11.4 Å². The maximum Gasteiger partial charge on any atom is 0.242 e. The zero-order chi connectivity index (χ0) is 19.6. The fourth-order valence-electron chi connectivity index (χ4n) is 2.91. The summed E-state index contributed by atoms with van der Waals surface area (Å²) in [5, 5.41) is 3.08. The molecule has 0 bridgehead atoms. The summed E-state index contributed by atoms with van der Waals surface area (Å²) in [5.74, 6) is -0.263. The van der Waals surface area contributed by atoms with Crippen LogP contribution in [0.2, 0.25) is 0 Å². The van der Waals surface area contributed by atoms with E-state index >= 15 is 0 Å². The third-order valence-electron chi connectivity index (χ3n) is 4.50. The quantitative estimate of drug-likeness (QED) is 0.863. The lowest BCUT2D eigenvalue weighted by atomic mass is 10.1. The van der Waals surface area contributed by atoms with Crippen LogP contribution in [0.3, 0.4) is 0 Å². The van der Waals surface area contributed by atoms with Crippen LogP contribution < -0.4 is 5.32 Å². The average Bonchev–Trinajstić information content (AvgIpc) is 2.87. The van der Waals surface area contributed by atoms with Gasteiger partial charge in [0, 0.05) is 19.2 Å². The molecule has 6 heteroatoms. The maximum absolute atomic E-state index is 12.5. The molecule has 27 heavy (non-hydrogen) atoms. The molecule has 0 unspecified atom stereocenters. The highest BCUT2D eigenvalue weighted by atomic mass is 32.2. The van der Waals surface area contributed by atoms with Crippen LogP contribution in [0, 0.1) is 20.8 Å². The summed E-state index contributed by atoms with van der Waals surface area (Å²) in [6.07, 6.45) is 0.119. The van der Waals surface area contributed by atoms with Gasteiger partial charge in [-0.15, -0.1) is 0 Å². The first-order valence-corrected chi connectivity index (χ1v) is 9.69. The number of thioether (sulfide) groups is 1. The summed E-state index contributed by atoms with van der Waals surface area (Å²) in [6, 6.07) is 13.6. The molecule has 0 radical (unpaired) electrons. The monoisotopic (exact) mass is 381 g/mol. The van der Waals surface area contributed by atoms with E-state index in [0.717, 1.165) is 28.1 Å². The molecule has 1 atom stereocenters. The Morgan fingerprint density at radius 3 is 2.59 bits per heavy atom. The van der Waals surface area contributed by atoms with Crippen molar-refractivity contribution in [2.75, 3.05) is 12.4 Å². The van der Waals surface area contributed by atoms with E-state index in [-0.39, 0.29) is 18.2 Å². The van der Waals surface area contributed by atoms with E-state index in [0.29, 0.717) is 5.17 Å². The highest BCUT2D eigenvalue weighted by Gasteiger charge is 2.37. The number of hydrogen-bond acceptors (Lipinski definition) is 4. The molecule has 0 spiro atoms. The molecule has 2 amide bonds. The Morgan fingerprint density at radius 2 is 1.89 bits per heavy atom. The summed E-state index contributed by atoms with van der Waals surface area (Å²) in [4.78, 5) is 31.1. The largest absolute Gasteiger partial charge is 0.326 e. The minimum atomic E-state index is -0.455. The lowest BCUT2D eigenvalue weighted by Gasteiger charge is -2.11. The first-order chi connectivity index (χ1) is 12.8. The Balaban J connectivity index is 1.70. The molecule has 140 valence electrons. The van der Waals surface area contributed by atoms with Crippen molar-refractivity contribution in [2.24, 2.45) is 4.99 Å². The number of anilines is 1. The van der Waals surface area contributed by atoms with Crippen LogP contribution in [0.25, 0.3) is 0 Å². The number of benzene rings is 2.